The van der Waals surface area contributed by atoms with Crippen molar-refractivity contribution in [3.8, 4) is 0 Å². The lowest BCUT2D eigenvalue weighted by Gasteiger charge is -2.07. The molecule has 21 heavy (non-hydrogen) atoms. The second-order valence-electron chi connectivity index (χ2n) is 4.37. The van der Waals surface area contributed by atoms with Gasteiger partial charge in [-0.3, -0.25) is 0 Å². The van der Waals surface area contributed by atoms with E-state index in [2.05, 4.69) is 0 Å². The van der Waals surface area contributed by atoms with Crippen LogP contribution in [0.4, 0.5) is 0 Å². The number of hydrogen-bond donors (Lipinski definition) is 0. The summed E-state index contributed by atoms with van der Waals surface area (Å²) >= 11 is 0. The standard InChI is InChI=1S/C16H26O5/c1-17-7-8-18-9-10-19-11-12-20-13-14-21-15-16-5-3-2-4-6-16/h2-6H,7-15H2,1H3. The van der Waals surface area contributed by atoms with Crippen LogP contribution in [0.3, 0.4) is 0 Å². The van der Waals surface area contributed by atoms with Crippen LogP contribution in [0, 0.1) is 0 Å². The van der Waals surface area contributed by atoms with Gasteiger partial charge in [-0.15, -0.1) is 0 Å². The van der Waals surface area contributed by atoms with Crippen molar-refractivity contribution in [1.82, 2.24) is 0 Å². The molecule has 1 rings (SSSR count). The van der Waals surface area contributed by atoms with Gasteiger partial charge in [0.25, 0.3) is 0 Å². The maximum atomic E-state index is 5.50. The van der Waals surface area contributed by atoms with E-state index in [0.29, 0.717) is 59.5 Å². The molecular weight excluding hydrogens is 272 g/mol. The SMILES string of the molecule is COCCOCCOCCOCCOCc1ccccc1. The third-order valence-electron chi connectivity index (χ3n) is 2.66. The lowest BCUT2D eigenvalue weighted by Crippen LogP contribution is -2.12. The fraction of sp³-hybridized carbons (Fsp3) is 0.625. The van der Waals surface area contributed by atoms with Gasteiger partial charge in [-0.1, -0.05) is 30.3 Å². The van der Waals surface area contributed by atoms with Gasteiger partial charge in [0, 0.05) is 7.11 Å². The first-order chi connectivity index (χ1) is 10.4. The van der Waals surface area contributed by atoms with Crippen LogP contribution in [0.2, 0.25) is 0 Å². The van der Waals surface area contributed by atoms with Crippen molar-refractivity contribution in [2.24, 2.45) is 0 Å². The number of ether oxygens (including phenoxy) is 5. The van der Waals surface area contributed by atoms with Crippen LogP contribution in [0.5, 0.6) is 0 Å². The van der Waals surface area contributed by atoms with Crippen molar-refractivity contribution < 1.29 is 23.7 Å². The molecule has 5 heteroatoms. The average Bonchev–Trinajstić information content (AvgIpc) is 2.53. The first-order valence-electron chi connectivity index (χ1n) is 7.27. The van der Waals surface area contributed by atoms with Crippen molar-refractivity contribution >= 4 is 0 Å². The van der Waals surface area contributed by atoms with Crippen molar-refractivity contribution in [3.05, 3.63) is 35.9 Å². The second-order valence-corrected chi connectivity index (χ2v) is 4.37. The highest BCUT2D eigenvalue weighted by atomic mass is 16.6. The molecular formula is C16H26O5. The minimum absolute atomic E-state index is 0.576. The molecule has 1 aromatic carbocycles. The Morgan fingerprint density at radius 3 is 1.62 bits per heavy atom. The summed E-state index contributed by atoms with van der Waals surface area (Å²) in [5.41, 5.74) is 1.18. The van der Waals surface area contributed by atoms with Crippen molar-refractivity contribution in [1.29, 1.82) is 0 Å². The number of hydrogen-bond acceptors (Lipinski definition) is 5. The zero-order chi connectivity index (χ0) is 15.0. The Morgan fingerprint density at radius 1 is 0.619 bits per heavy atom. The first kappa shape index (κ1) is 18.1. The molecule has 0 radical (unpaired) electrons. The van der Waals surface area contributed by atoms with Gasteiger partial charge in [-0.05, 0) is 5.56 Å². The van der Waals surface area contributed by atoms with Gasteiger partial charge in [0.1, 0.15) is 0 Å². The van der Waals surface area contributed by atoms with Crippen molar-refractivity contribution in [2.75, 3.05) is 60.0 Å². The monoisotopic (exact) mass is 298 g/mol. The highest BCUT2D eigenvalue weighted by molar-refractivity contribution is 5.13. The van der Waals surface area contributed by atoms with Gasteiger partial charge in [-0.25, -0.2) is 0 Å². The zero-order valence-corrected chi connectivity index (χ0v) is 12.8. The predicted molar refractivity (Wildman–Crippen MR) is 80.4 cm³/mol. The topological polar surface area (TPSA) is 46.2 Å². The minimum Gasteiger partial charge on any atom is -0.382 e. The zero-order valence-electron chi connectivity index (χ0n) is 12.8. The second kappa shape index (κ2) is 14.0. The summed E-state index contributed by atoms with van der Waals surface area (Å²) in [7, 11) is 1.65. The normalized spacial score (nSPS) is 10.9. The van der Waals surface area contributed by atoms with Crippen molar-refractivity contribution in [3.63, 3.8) is 0 Å². The molecule has 0 amide bonds. The number of rotatable bonds is 14. The van der Waals surface area contributed by atoms with Crippen LogP contribution < -0.4 is 0 Å². The Morgan fingerprint density at radius 2 is 1.10 bits per heavy atom. The summed E-state index contributed by atoms with van der Waals surface area (Å²) < 4.78 is 26.4. The minimum atomic E-state index is 0.576. The summed E-state index contributed by atoms with van der Waals surface area (Å²) in [5.74, 6) is 0. The molecule has 0 atom stereocenters. The van der Waals surface area contributed by atoms with Gasteiger partial charge >= 0.3 is 0 Å². The molecule has 0 spiro atoms. The lowest BCUT2D eigenvalue weighted by atomic mass is 10.2. The Kier molecular flexibility index (Phi) is 12.0. The Labute approximate surface area is 127 Å². The third-order valence-corrected chi connectivity index (χ3v) is 2.66. The molecule has 0 aromatic heterocycles. The molecule has 0 heterocycles. The van der Waals surface area contributed by atoms with E-state index in [4.69, 9.17) is 23.7 Å². The molecule has 0 saturated carbocycles. The van der Waals surface area contributed by atoms with Crippen LogP contribution >= 0.6 is 0 Å². The first-order valence-corrected chi connectivity index (χ1v) is 7.27. The molecule has 0 unspecified atom stereocenters. The van der Waals surface area contributed by atoms with E-state index in [1.807, 2.05) is 30.3 Å². The van der Waals surface area contributed by atoms with E-state index >= 15 is 0 Å². The summed E-state index contributed by atoms with van der Waals surface area (Å²) in [4.78, 5) is 0. The van der Waals surface area contributed by atoms with E-state index < -0.39 is 0 Å². The molecule has 1 aromatic rings. The van der Waals surface area contributed by atoms with Crippen LogP contribution in [0.15, 0.2) is 30.3 Å². The van der Waals surface area contributed by atoms with Gasteiger partial charge in [-0.2, -0.15) is 0 Å². The maximum Gasteiger partial charge on any atom is 0.0718 e. The molecule has 0 N–H and O–H groups in total. The fourth-order valence-corrected chi connectivity index (χ4v) is 1.57. The largest absolute Gasteiger partial charge is 0.382 e. The van der Waals surface area contributed by atoms with Crippen LogP contribution in [0.25, 0.3) is 0 Å². The Hall–Kier alpha value is -0.980. The highest BCUT2D eigenvalue weighted by Gasteiger charge is 1.94. The summed E-state index contributed by atoms with van der Waals surface area (Å²) in [6, 6.07) is 10.1. The quantitative estimate of drug-likeness (QED) is 0.491. The number of methoxy groups -OCH3 is 1. The third kappa shape index (κ3) is 11.4. The summed E-state index contributed by atoms with van der Waals surface area (Å²) in [6.07, 6.45) is 0. The lowest BCUT2D eigenvalue weighted by molar-refractivity contribution is -0.00948. The van der Waals surface area contributed by atoms with E-state index in [0.717, 1.165) is 0 Å². The molecule has 5 nitrogen and oxygen atoms in total. The molecule has 0 fully saturated rings. The Bertz CT molecular complexity index is 318. The van der Waals surface area contributed by atoms with Crippen LogP contribution in [-0.4, -0.2) is 60.0 Å². The van der Waals surface area contributed by atoms with E-state index in [9.17, 15) is 0 Å². The van der Waals surface area contributed by atoms with Gasteiger partial charge in [0.15, 0.2) is 0 Å². The summed E-state index contributed by atoms with van der Waals surface area (Å²) in [5, 5.41) is 0. The smallest absolute Gasteiger partial charge is 0.0718 e. The van der Waals surface area contributed by atoms with E-state index in [1.54, 1.807) is 7.11 Å². The summed E-state index contributed by atoms with van der Waals surface area (Å²) in [6.45, 7) is 5.34. The molecule has 0 bridgehead atoms. The Balaban J connectivity index is 1.75. The molecule has 0 aliphatic carbocycles. The van der Waals surface area contributed by atoms with Gasteiger partial charge in [0.05, 0.1) is 59.5 Å². The van der Waals surface area contributed by atoms with Gasteiger partial charge in [0.2, 0.25) is 0 Å². The molecule has 0 aliphatic rings. The molecule has 120 valence electrons. The van der Waals surface area contributed by atoms with Crippen molar-refractivity contribution in [2.45, 2.75) is 6.61 Å². The maximum absolute atomic E-state index is 5.50. The average molecular weight is 298 g/mol. The van der Waals surface area contributed by atoms with Crippen LogP contribution in [-0.2, 0) is 30.3 Å². The predicted octanol–water partition coefficient (Wildman–Crippen LogP) is 1.90. The highest BCUT2D eigenvalue weighted by Crippen LogP contribution is 1.99. The van der Waals surface area contributed by atoms with E-state index in [1.165, 1.54) is 5.56 Å². The fourth-order valence-electron chi connectivity index (χ4n) is 1.57. The van der Waals surface area contributed by atoms with Crippen LogP contribution in [0.1, 0.15) is 5.56 Å². The van der Waals surface area contributed by atoms with Gasteiger partial charge < -0.3 is 23.7 Å². The number of benzene rings is 1. The molecule has 0 aliphatic heterocycles. The molecule has 0 saturated heterocycles. The van der Waals surface area contributed by atoms with E-state index in [-0.39, 0.29) is 0 Å².